The molecule has 11 atom stereocenters. The van der Waals surface area contributed by atoms with E-state index in [-0.39, 0.29) is 19.1 Å². The van der Waals surface area contributed by atoms with Gasteiger partial charge in [0.25, 0.3) is 0 Å². The molecular weight excluding hydrogens is 644 g/mol. The summed E-state index contributed by atoms with van der Waals surface area (Å²) in [5.74, 6) is 2.58. The van der Waals surface area contributed by atoms with Gasteiger partial charge in [0.15, 0.2) is 12.6 Å². The molecule has 2 aliphatic rings. The van der Waals surface area contributed by atoms with Gasteiger partial charge in [-0.25, -0.2) is 0 Å². The molecule has 6 N–H and O–H groups in total. The van der Waals surface area contributed by atoms with Gasteiger partial charge in [-0.05, 0) is 18.8 Å². The maximum absolute atomic E-state index is 11.1. The van der Waals surface area contributed by atoms with Crippen LogP contribution in [0, 0.1) is 18.3 Å². The Hall–Kier alpha value is -0.880. The molecule has 2 aliphatic heterocycles. The Kier molecular flexibility index (Phi) is 25.1. The number of unbranched alkanes of at least 4 members (excludes halogenated alkanes) is 16. The van der Waals surface area contributed by atoms with Crippen molar-refractivity contribution in [3.8, 4) is 12.3 Å². The van der Waals surface area contributed by atoms with Crippen molar-refractivity contribution in [2.75, 3.05) is 26.4 Å². The topological polar surface area (TPSA) is 168 Å². The molecule has 294 valence electrons. The second-order valence-corrected chi connectivity index (χ2v) is 14.5. The van der Waals surface area contributed by atoms with Crippen LogP contribution in [0.1, 0.15) is 142 Å². The fourth-order valence-corrected chi connectivity index (χ4v) is 6.94. The van der Waals surface area contributed by atoms with Gasteiger partial charge in [0.2, 0.25) is 0 Å². The molecule has 0 aliphatic carbocycles. The largest absolute Gasteiger partial charge is 0.394 e. The highest BCUT2D eigenvalue weighted by Gasteiger charge is 2.50. The lowest BCUT2D eigenvalue weighted by Crippen LogP contribution is -2.64. The Balaban J connectivity index is 1.90. The first kappa shape index (κ1) is 45.3. The second kappa shape index (κ2) is 27.7. The van der Waals surface area contributed by atoms with Gasteiger partial charge in [-0.15, -0.1) is 6.42 Å². The summed E-state index contributed by atoms with van der Waals surface area (Å²) >= 11 is 0. The van der Waals surface area contributed by atoms with Gasteiger partial charge in [0.05, 0.1) is 19.8 Å². The van der Waals surface area contributed by atoms with Crippen molar-refractivity contribution in [3.05, 3.63) is 0 Å². The smallest absolute Gasteiger partial charge is 0.187 e. The Morgan fingerprint density at radius 2 is 1.08 bits per heavy atom. The fourth-order valence-electron chi connectivity index (χ4n) is 6.94. The first-order valence-electron chi connectivity index (χ1n) is 19.9. The minimum absolute atomic E-state index is 0.0503. The molecule has 11 heteroatoms. The van der Waals surface area contributed by atoms with Crippen molar-refractivity contribution in [1.29, 1.82) is 0 Å². The summed E-state index contributed by atoms with van der Waals surface area (Å²) in [6.07, 6.45) is 15.8. The molecular formula is C39H72O11. The van der Waals surface area contributed by atoms with Crippen LogP contribution in [-0.2, 0) is 23.7 Å². The summed E-state index contributed by atoms with van der Waals surface area (Å²) in [5, 5.41) is 63.5. The van der Waals surface area contributed by atoms with Crippen LogP contribution in [0.25, 0.3) is 0 Å². The maximum Gasteiger partial charge on any atom is 0.187 e. The van der Waals surface area contributed by atoms with Crippen LogP contribution in [0.3, 0.4) is 0 Å². The summed E-state index contributed by atoms with van der Waals surface area (Å²) in [7, 11) is 0. The van der Waals surface area contributed by atoms with E-state index in [1.165, 1.54) is 103 Å². The number of hydrogen-bond donors (Lipinski definition) is 6. The Morgan fingerprint density at radius 1 is 0.600 bits per heavy atom. The molecule has 11 nitrogen and oxygen atoms in total. The third-order valence-electron chi connectivity index (χ3n) is 10.2. The van der Waals surface area contributed by atoms with Crippen molar-refractivity contribution >= 4 is 0 Å². The SMILES string of the molecule is C#CCOC[C@H]1O[C@@H](O[C@H]2[C@H](O)[C@@H](O)[C@H](OCC(CCCCCCCCCC)CCCCCCCCCCCC)O[C@@H]2CO)[C@H](O)[C@@H](O)[C@H]1O. The van der Waals surface area contributed by atoms with E-state index in [9.17, 15) is 30.6 Å². The predicted octanol–water partition coefficient (Wildman–Crippen LogP) is 4.74. The van der Waals surface area contributed by atoms with E-state index in [0.29, 0.717) is 6.61 Å². The molecule has 0 aromatic heterocycles. The van der Waals surface area contributed by atoms with Crippen molar-refractivity contribution in [2.45, 2.75) is 204 Å². The Morgan fingerprint density at radius 3 is 1.58 bits per heavy atom. The van der Waals surface area contributed by atoms with E-state index in [1.54, 1.807) is 0 Å². The molecule has 0 radical (unpaired) electrons. The minimum Gasteiger partial charge on any atom is -0.394 e. The number of rotatable bonds is 29. The van der Waals surface area contributed by atoms with Crippen molar-refractivity contribution in [3.63, 3.8) is 0 Å². The highest BCUT2D eigenvalue weighted by molar-refractivity contribution is 4.94. The minimum atomic E-state index is -1.69. The van der Waals surface area contributed by atoms with Crippen molar-refractivity contribution < 1.29 is 54.3 Å². The van der Waals surface area contributed by atoms with Crippen LogP contribution < -0.4 is 0 Å². The maximum atomic E-state index is 11.1. The van der Waals surface area contributed by atoms with Crippen LogP contribution in [0.15, 0.2) is 0 Å². The molecule has 1 unspecified atom stereocenters. The summed E-state index contributed by atoms with van der Waals surface area (Å²) in [4.78, 5) is 0. The van der Waals surface area contributed by atoms with Crippen LogP contribution in [0.2, 0.25) is 0 Å². The molecule has 2 saturated heterocycles. The molecule has 2 heterocycles. The third-order valence-corrected chi connectivity index (χ3v) is 10.2. The fraction of sp³-hybridized carbons (Fsp3) is 0.949. The summed E-state index contributed by atoms with van der Waals surface area (Å²) < 4.78 is 28.7. The first-order valence-corrected chi connectivity index (χ1v) is 19.9. The summed E-state index contributed by atoms with van der Waals surface area (Å²) in [5.41, 5.74) is 0. The normalized spacial score (nSPS) is 30.7. The molecule has 0 aromatic rings. The first-order chi connectivity index (χ1) is 24.3. The average molecular weight is 717 g/mol. The second-order valence-electron chi connectivity index (χ2n) is 14.5. The zero-order valence-electron chi connectivity index (χ0n) is 31.1. The molecule has 0 saturated carbocycles. The number of hydrogen-bond acceptors (Lipinski definition) is 11. The Bertz CT molecular complexity index is 854. The molecule has 0 amide bonds. The third kappa shape index (κ3) is 16.9. The molecule has 50 heavy (non-hydrogen) atoms. The average Bonchev–Trinajstić information content (AvgIpc) is 3.12. The molecule has 2 rings (SSSR count). The lowest BCUT2D eigenvalue weighted by Gasteiger charge is -2.46. The monoisotopic (exact) mass is 717 g/mol. The van der Waals surface area contributed by atoms with E-state index >= 15 is 0 Å². The van der Waals surface area contributed by atoms with Crippen molar-refractivity contribution in [1.82, 2.24) is 0 Å². The van der Waals surface area contributed by atoms with E-state index in [2.05, 4.69) is 19.8 Å². The quantitative estimate of drug-likeness (QED) is 0.0468. The van der Waals surface area contributed by atoms with Gasteiger partial charge in [0, 0.05) is 0 Å². The summed E-state index contributed by atoms with van der Waals surface area (Å²) in [6.45, 7) is 4.04. The lowest BCUT2D eigenvalue weighted by atomic mass is 9.94. The van der Waals surface area contributed by atoms with Crippen molar-refractivity contribution in [2.24, 2.45) is 5.92 Å². The van der Waals surface area contributed by atoms with Gasteiger partial charge in [-0.3, -0.25) is 0 Å². The predicted molar refractivity (Wildman–Crippen MR) is 192 cm³/mol. The molecule has 0 spiro atoms. The van der Waals surface area contributed by atoms with Gasteiger partial charge < -0.3 is 54.3 Å². The van der Waals surface area contributed by atoms with E-state index in [4.69, 9.17) is 30.1 Å². The molecule has 0 aromatic carbocycles. The lowest BCUT2D eigenvalue weighted by molar-refractivity contribution is -0.360. The standard InChI is InChI=1S/C39H72O11/c1-4-7-9-11-13-15-16-18-20-22-24-29(23-21-19-17-14-12-10-8-5-2)27-47-38-36(45)34(43)37(30(26-40)48-38)50-39-35(44)33(42)32(41)31(49-39)28-46-25-6-3/h3,29-45H,4-5,7-28H2,1-2H3/t29?,30-,31-,32+,33+,34-,35-,36-,37-,38-,39+/m1/s1. The number of ether oxygens (including phenoxy) is 5. The zero-order valence-corrected chi connectivity index (χ0v) is 31.1. The number of aliphatic hydroxyl groups excluding tert-OH is 6. The van der Waals surface area contributed by atoms with Crippen LogP contribution in [0.5, 0.6) is 0 Å². The number of aliphatic hydroxyl groups is 6. The molecule has 2 fully saturated rings. The van der Waals surface area contributed by atoms with Crippen LogP contribution >= 0.6 is 0 Å². The van der Waals surface area contributed by atoms with E-state index < -0.39 is 68.0 Å². The van der Waals surface area contributed by atoms with Gasteiger partial charge in [-0.2, -0.15) is 0 Å². The number of terminal acetylenes is 1. The highest BCUT2D eigenvalue weighted by Crippen LogP contribution is 2.31. The van der Waals surface area contributed by atoms with E-state index in [0.717, 1.165) is 25.7 Å². The Labute approximate surface area is 302 Å². The highest BCUT2D eigenvalue weighted by atomic mass is 16.7. The van der Waals surface area contributed by atoms with Crippen LogP contribution in [0.4, 0.5) is 0 Å². The van der Waals surface area contributed by atoms with Gasteiger partial charge in [-0.1, -0.05) is 135 Å². The molecule has 0 bridgehead atoms. The summed E-state index contributed by atoms with van der Waals surface area (Å²) in [6, 6.07) is 0. The van der Waals surface area contributed by atoms with Gasteiger partial charge >= 0.3 is 0 Å². The van der Waals surface area contributed by atoms with E-state index in [1.807, 2.05) is 0 Å². The van der Waals surface area contributed by atoms with Gasteiger partial charge in [0.1, 0.15) is 55.4 Å². The van der Waals surface area contributed by atoms with Crippen LogP contribution in [-0.4, -0.2) is 118 Å². The zero-order chi connectivity index (χ0) is 36.6.